The normalized spacial score (nSPS) is 19.7. The number of carbonyl (C=O) groups is 1. The first-order valence-corrected chi connectivity index (χ1v) is 8.22. The van der Waals surface area contributed by atoms with Crippen LogP contribution in [0.3, 0.4) is 0 Å². The van der Waals surface area contributed by atoms with Gasteiger partial charge in [-0.25, -0.2) is 0 Å². The number of hydrogen-bond acceptors (Lipinski definition) is 2. The molecule has 0 aromatic heterocycles. The predicted molar refractivity (Wildman–Crippen MR) is 83.0 cm³/mol. The standard InChI is InChI=1S/C16H21BrN2O/c17-13-3-1-2-11(8-13)10-19(14-6-7-14)16(20)9-15(18)12-4-5-12/h1-3,8,12,14-15H,4-7,9-10,18H2/t15-/m1/s1. The highest BCUT2D eigenvalue weighted by molar-refractivity contribution is 9.10. The molecule has 0 aliphatic heterocycles. The summed E-state index contributed by atoms with van der Waals surface area (Å²) in [6.45, 7) is 0.709. The molecule has 108 valence electrons. The highest BCUT2D eigenvalue weighted by atomic mass is 79.9. The molecule has 0 saturated heterocycles. The Morgan fingerprint density at radius 2 is 2.10 bits per heavy atom. The van der Waals surface area contributed by atoms with Crippen molar-refractivity contribution in [2.75, 3.05) is 0 Å². The zero-order chi connectivity index (χ0) is 14.1. The average Bonchev–Trinajstić information content (AvgIpc) is 3.29. The molecule has 1 atom stereocenters. The second-order valence-corrected chi connectivity index (χ2v) is 7.00. The van der Waals surface area contributed by atoms with E-state index in [-0.39, 0.29) is 11.9 Å². The summed E-state index contributed by atoms with van der Waals surface area (Å²) in [5.74, 6) is 0.817. The molecule has 2 fully saturated rings. The second-order valence-electron chi connectivity index (χ2n) is 6.09. The molecule has 0 radical (unpaired) electrons. The average molecular weight is 337 g/mol. The van der Waals surface area contributed by atoms with E-state index in [0.717, 1.165) is 17.3 Å². The second kappa shape index (κ2) is 5.86. The topological polar surface area (TPSA) is 46.3 Å². The Hall–Kier alpha value is -0.870. The van der Waals surface area contributed by atoms with Crippen LogP contribution in [0.1, 0.15) is 37.7 Å². The van der Waals surface area contributed by atoms with E-state index in [4.69, 9.17) is 5.73 Å². The third kappa shape index (κ3) is 3.61. The Kier molecular flexibility index (Phi) is 4.13. The first kappa shape index (κ1) is 14.1. The molecule has 2 aliphatic carbocycles. The van der Waals surface area contributed by atoms with Gasteiger partial charge in [-0.05, 0) is 49.3 Å². The summed E-state index contributed by atoms with van der Waals surface area (Å²) in [7, 11) is 0. The molecule has 1 aromatic carbocycles. The van der Waals surface area contributed by atoms with Crippen LogP contribution < -0.4 is 5.73 Å². The third-order valence-corrected chi connectivity index (χ3v) is 4.68. The van der Waals surface area contributed by atoms with E-state index < -0.39 is 0 Å². The summed E-state index contributed by atoms with van der Waals surface area (Å²) in [6.07, 6.45) is 5.18. The summed E-state index contributed by atoms with van der Waals surface area (Å²) in [5, 5.41) is 0. The Labute approximate surface area is 128 Å². The lowest BCUT2D eigenvalue weighted by Gasteiger charge is -2.24. The van der Waals surface area contributed by atoms with E-state index in [1.54, 1.807) is 0 Å². The maximum absolute atomic E-state index is 12.5. The van der Waals surface area contributed by atoms with Crippen LogP contribution in [-0.2, 0) is 11.3 Å². The van der Waals surface area contributed by atoms with Crippen molar-refractivity contribution in [1.29, 1.82) is 0 Å². The molecule has 20 heavy (non-hydrogen) atoms. The zero-order valence-electron chi connectivity index (χ0n) is 11.6. The van der Waals surface area contributed by atoms with Crippen LogP contribution in [0.5, 0.6) is 0 Å². The number of benzene rings is 1. The van der Waals surface area contributed by atoms with Gasteiger partial charge in [0, 0.05) is 29.5 Å². The van der Waals surface area contributed by atoms with Gasteiger partial charge in [0.05, 0.1) is 0 Å². The Morgan fingerprint density at radius 1 is 1.35 bits per heavy atom. The summed E-state index contributed by atoms with van der Waals surface area (Å²) in [4.78, 5) is 14.5. The van der Waals surface area contributed by atoms with Crippen molar-refractivity contribution in [2.45, 2.75) is 50.7 Å². The van der Waals surface area contributed by atoms with Crippen LogP contribution in [0.2, 0.25) is 0 Å². The molecule has 4 heteroatoms. The zero-order valence-corrected chi connectivity index (χ0v) is 13.2. The number of amides is 1. The summed E-state index contributed by atoms with van der Waals surface area (Å²) in [6, 6.07) is 8.69. The molecule has 0 spiro atoms. The molecule has 0 bridgehead atoms. The van der Waals surface area contributed by atoms with Crippen LogP contribution in [0.4, 0.5) is 0 Å². The first-order valence-electron chi connectivity index (χ1n) is 7.43. The van der Waals surface area contributed by atoms with Gasteiger partial charge in [0.2, 0.25) is 5.91 Å². The van der Waals surface area contributed by atoms with E-state index in [2.05, 4.69) is 28.1 Å². The fourth-order valence-corrected chi connectivity index (χ4v) is 3.10. The molecule has 0 unspecified atom stereocenters. The number of rotatable bonds is 6. The van der Waals surface area contributed by atoms with Crippen molar-refractivity contribution in [2.24, 2.45) is 11.7 Å². The highest BCUT2D eigenvalue weighted by Crippen LogP contribution is 2.34. The minimum atomic E-state index is 0.0614. The molecule has 2 saturated carbocycles. The third-order valence-electron chi connectivity index (χ3n) is 4.19. The Bertz CT molecular complexity index is 497. The van der Waals surface area contributed by atoms with E-state index in [0.29, 0.717) is 24.9 Å². The van der Waals surface area contributed by atoms with E-state index in [1.165, 1.54) is 18.4 Å². The van der Waals surface area contributed by atoms with Gasteiger partial charge in [-0.15, -0.1) is 0 Å². The smallest absolute Gasteiger partial charge is 0.224 e. The number of nitrogens with two attached hydrogens (primary N) is 1. The fraction of sp³-hybridized carbons (Fsp3) is 0.562. The van der Waals surface area contributed by atoms with Crippen LogP contribution >= 0.6 is 15.9 Å². The summed E-state index contributed by atoms with van der Waals surface area (Å²) < 4.78 is 1.06. The van der Waals surface area contributed by atoms with Crippen molar-refractivity contribution in [3.63, 3.8) is 0 Å². The number of halogens is 1. The molecule has 3 rings (SSSR count). The molecular formula is C16H21BrN2O. The summed E-state index contributed by atoms with van der Waals surface area (Å²) in [5.41, 5.74) is 7.28. The number of hydrogen-bond donors (Lipinski definition) is 1. The van der Waals surface area contributed by atoms with Gasteiger partial charge in [-0.2, -0.15) is 0 Å². The molecule has 1 amide bonds. The van der Waals surface area contributed by atoms with Gasteiger partial charge in [-0.3, -0.25) is 4.79 Å². The van der Waals surface area contributed by atoms with Crippen molar-refractivity contribution in [3.05, 3.63) is 34.3 Å². The molecule has 1 aromatic rings. The maximum Gasteiger partial charge on any atom is 0.224 e. The van der Waals surface area contributed by atoms with E-state index >= 15 is 0 Å². The van der Waals surface area contributed by atoms with Crippen LogP contribution in [-0.4, -0.2) is 22.9 Å². The van der Waals surface area contributed by atoms with Crippen molar-refractivity contribution < 1.29 is 4.79 Å². The van der Waals surface area contributed by atoms with Crippen molar-refractivity contribution >= 4 is 21.8 Å². The SMILES string of the molecule is N[C@H](CC(=O)N(Cc1cccc(Br)c1)C1CC1)C1CC1. The Balaban J connectivity index is 1.64. The molecule has 0 heterocycles. The minimum absolute atomic E-state index is 0.0614. The predicted octanol–water partition coefficient (Wildman–Crippen LogP) is 3.07. The minimum Gasteiger partial charge on any atom is -0.335 e. The largest absolute Gasteiger partial charge is 0.335 e. The van der Waals surface area contributed by atoms with Gasteiger partial charge in [-0.1, -0.05) is 28.1 Å². The van der Waals surface area contributed by atoms with Crippen LogP contribution in [0.15, 0.2) is 28.7 Å². The lowest BCUT2D eigenvalue weighted by atomic mass is 10.1. The summed E-state index contributed by atoms with van der Waals surface area (Å²) >= 11 is 3.49. The monoisotopic (exact) mass is 336 g/mol. The van der Waals surface area contributed by atoms with Gasteiger partial charge in [0.1, 0.15) is 0 Å². The maximum atomic E-state index is 12.5. The highest BCUT2D eigenvalue weighted by Gasteiger charge is 2.35. The van der Waals surface area contributed by atoms with E-state index in [9.17, 15) is 4.79 Å². The fourth-order valence-electron chi connectivity index (χ4n) is 2.65. The quantitative estimate of drug-likeness (QED) is 0.867. The van der Waals surface area contributed by atoms with Crippen molar-refractivity contribution in [1.82, 2.24) is 4.90 Å². The van der Waals surface area contributed by atoms with Crippen molar-refractivity contribution in [3.8, 4) is 0 Å². The molecule has 2 N–H and O–H groups in total. The van der Waals surface area contributed by atoms with Gasteiger partial charge in [0.15, 0.2) is 0 Å². The number of carbonyl (C=O) groups excluding carboxylic acids is 1. The lowest BCUT2D eigenvalue weighted by molar-refractivity contribution is -0.132. The van der Waals surface area contributed by atoms with Gasteiger partial charge in [0.25, 0.3) is 0 Å². The van der Waals surface area contributed by atoms with Crippen LogP contribution in [0, 0.1) is 5.92 Å². The molecular weight excluding hydrogens is 316 g/mol. The lowest BCUT2D eigenvalue weighted by Crippen LogP contribution is -2.37. The van der Waals surface area contributed by atoms with Gasteiger partial charge < -0.3 is 10.6 Å². The van der Waals surface area contributed by atoms with Crippen LogP contribution in [0.25, 0.3) is 0 Å². The van der Waals surface area contributed by atoms with E-state index in [1.807, 2.05) is 17.0 Å². The Morgan fingerprint density at radius 3 is 2.70 bits per heavy atom. The number of nitrogens with zero attached hydrogens (tertiary/aromatic N) is 1. The van der Waals surface area contributed by atoms with Gasteiger partial charge >= 0.3 is 0 Å². The molecule has 3 nitrogen and oxygen atoms in total. The first-order chi connectivity index (χ1) is 9.63. The molecule has 2 aliphatic rings.